The third kappa shape index (κ3) is 4.53. The number of para-hydroxylation sites is 1. The van der Waals surface area contributed by atoms with E-state index < -0.39 is 0 Å². The highest BCUT2D eigenvalue weighted by Gasteiger charge is 2.21. The van der Waals surface area contributed by atoms with Crippen LogP contribution in [0.5, 0.6) is 0 Å². The molecule has 0 unspecified atom stereocenters. The fourth-order valence-corrected chi connectivity index (χ4v) is 4.92. The summed E-state index contributed by atoms with van der Waals surface area (Å²) >= 11 is 14.3. The lowest BCUT2D eigenvalue weighted by molar-refractivity contribution is -0.922. The molecule has 0 aliphatic carbocycles. The maximum atomic E-state index is 6.33. The van der Waals surface area contributed by atoms with Gasteiger partial charge in [-0.25, -0.2) is 0 Å². The van der Waals surface area contributed by atoms with Gasteiger partial charge in [0, 0.05) is 21.5 Å². The topological polar surface area (TPSA) is 44.4 Å². The van der Waals surface area contributed by atoms with E-state index in [2.05, 4.69) is 26.9 Å². The highest BCUT2D eigenvalue weighted by molar-refractivity contribution is 7.98. The summed E-state index contributed by atoms with van der Waals surface area (Å²) in [5, 5.41) is 11.2. The molecule has 28 heavy (non-hydrogen) atoms. The summed E-state index contributed by atoms with van der Waals surface area (Å²) in [6, 6.07) is 15.8. The Kier molecular flexibility index (Phi) is 6.54. The molecule has 0 radical (unpaired) electrons. The van der Waals surface area contributed by atoms with Gasteiger partial charge < -0.3 is 9.64 Å². The van der Waals surface area contributed by atoms with Gasteiger partial charge in [-0.1, -0.05) is 59.2 Å². The van der Waals surface area contributed by atoms with Gasteiger partial charge in [0.05, 0.1) is 13.2 Å². The van der Waals surface area contributed by atoms with Crippen molar-refractivity contribution in [3.05, 3.63) is 70.0 Å². The van der Waals surface area contributed by atoms with Crippen molar-refractivity contribution in [3.8, 4) is 5.69 Å². The van der Waals surface area contributed by atoms with Crippen LogP contribution in [0.1, 0.15) is 11.4 Å². The fraction of sp³-hybridized carbons (Fsp3) is 0.300. The number of aromatic nitrogens is 3. The van der Waals surface area contributed by atoms with Crippen molar-refractivity contribution < 1.29 is 9.64 Å². The molecule has 2 aromatic carbocycles. The summed E-state index contributed by atoms with van der Waals surface area (Å²) in [5.74, 6) is 1.59. The third-order valence-corrected chi connectivity index (χ3v) is 6.39. The van der Waals surface area contributed by atoms with Crippen molar-refractivity contribution in [1.82, 2.24) is 14.8 Å². The second kappa shape index (κ2) is 9.29. The van der Waals surface area contributed by atoms with E-state index in [0.29, 0.717) is 15.8 Å². The van der Waals surface area contributed by atoms with Gasteiger partial charge in [0.1, 0.15) is 19.6 Å². The predicted octanol–water partition coefficient (Wildman–Crippen LogP) is 3.28. The van der Waals surface area contributed by atoms with Crippen LogP contribution >= 0.6 is 35.0 Å². The van der Waals surface area contributed by atoms with E-state index in [0.717, 1.165) is 55.1 Å². The first kappa shape index (κ1) is 19.7. The molecule has 1 fully saturated rings. The largest absolute Gasteiger partial charge is 0.370 e. The first-order chi connectivity index (χ1) is 13.7. The zero-order valence-electron chi connectivity index (χ0n) is 15.3. The number of nitrogens with one attached hydrogen (secondary N) is 1. The van der Waals surface area contributed by atoms with Gasteiger partial charge in [-0.3, -0.25) is 4.57 Å². The number of nitrogens with zero attached hydrogens (tertiary/aromatic N) is 3. The maximum absolute atomic E-state index is 6.33. The SMILES string of the molecule is Clc1cccc(Cl)c1CSc1nnc(C[NH+]2CCOCC2)n1-c1ccccc1. The Bertz CT molecular complexity index is 909. The number of ether oxygens (including phenoxy) is 1. The Labute approximate surface area is 178 Å². The zero-order chi connectivity index (χ0) is 19.3. The Balaban J connectivity index is 1.61. The summed E-state index contributed by atoms with van der Waals surface area (Å²) in [6.07, 6.45) is 0. The van der Waals surface area contributed by atoms with Gasteiger partial charge in [-0.15, -0.1) is 10.2 Å². The minimum Gasteiger partial charge on any atom is -0.370 e. The van der Waals surface area contributed by atoms with Crippen LogP contribution < -0.4 is 4.90 Å². The van der Waals surface area contributed by atoms with E-state index in [1.54, 1.807) is 11.8 Å². The molecular weight excluding hydrogens is 415 g/mol. The molecule has 5 nitrogen and oxygen atoms in total. The molecular formula is C20H21Cl2N4OS+. The zero-order valence-corrected chi connectivity index (χ0v) is 17.6. The van der Waals surface area contributed by atoms with Crippen LogP contribution in [0.25, 0.3) is 5.69 Å². The average Bonchev–Trinajstić information content (AvgIpc) is 3.11. The van der Waals surface area contributed by atoms with Crippen LogP contribution in [0.4, 0.5) is 0 Å². The van der Waals surface area contributed by atoms with Crippen LogP contribution in [0.3, 0.4) is 0 Å². The summed E-state index contributed by atoms with van der Waals surface area (Å²) in [7, 11) is 0. The monoisotopic (exact) mass is 435 g/mol. The highest BCUT2D eigenvalue weighted by Crippen LogP contribution is 2.32. The Morgan fingerprint density at radius 3 is 2.39 bits per heavy atom. The van der Waals surface area contributed by atoms with Crippen LogP contribution in [0, 0.1) is 0 Å². The smallest absolute Gasteiger partial charge is 0.196 e. The van der Waals surface area contributed by atoms with Crippen LogP contribution in [-0.2, 0) is 17.0 Å². The predicted molar refractivity (Wildman–Crippen MR) is 113 cm³/mol. The number of hydrogen-bond acceptors (Lipinski definition) is 4. The van der Waals surface area contributed by atoms with Crippen LogP contribution in [-0.4, -0.2) is 41.1 Å². The summed E-state index contributed by atoms with van der Waals surface area (Å²) in [5.41, 5.74) is 1.97. The van der Waals surface area contributed by atoms with Crippen molar-refractivity contribution in [2.45, 2.75) is 17.5 Å². The Hall–Kier alpha value is -1.57. The molecule has 0 spiro atoms. The van der Waals surface area contributed by atoms with Gasteiger partial charge in [0.25, 0.3) is 0 Å². The molecule has 146 valence electrons. The minimum atomic E-state index is 0.633. The average molecular weight is 436 g/mol. The molecule has 0 saturated carbocycles. The van der Waals surface area contributed by atoms with Gasteiger partial charge in [0.15, 0.2) is 11.0 Å². The number of quaternary nitrogens is 1. The molecule has 4 rings (SSSR count). The molecule has 0 bridgehead atoms. The van der Waals surface area contributed by atoms with E-state index in [4.69, 9.17) is 27.9 Å². The summed E-state index contributed by atoms with van der Waals surface area (Å²) in [6.45, 7) is 4.38. The standard InChI is InChI=1S/C20H20Cl2N4OS/c21-17-7-4-8-18(22)16(17)14-28-20-24-23-19(13-25-9-11-27-12-10-25)26(20)15-5-2-1-3-6-15/h1-8H,9-14H2/p+1. The number of thioether (sulfide) groups is 1. The molecule has 1 saturated heterocycles. The lowest BCUT2D eigenvalue weighted by Gasteiger charge is -2.23. The Morgan fingerprint density at radius 1 is 0.964 bits per heavy atom. The number of halogens is 2. The minimum absolute atomic E-state index is 0.633. The number of hydrogen-bond donors (Lipinski definition) is 1. The van der Waals surface area contributed by atoms with Gasteiger partial charge in [0.2, 0.25) is 0 Å². The summed E-state index contributed by atoms with van der Waals surface area (Å²) < 4.78 is 7.61. The quantitative estimate of drug-likeness (QED) is 0.603. The van der Waals surface area contributed by atoms with Crippen molar-refractivity contribution >= 4 is 35.0 Å². The molecule has 1 aliphatic heterocycles. The molecule has 2 heterocycles. The second-order valence-corrected chi connectivity index (χ2v) is 8.35. The molecule has 8 heteroatoms. The van der Waals surface area contributed by atoms with Crippen LogP contribution in [0.2, 0.25) is 10.0 Å². The van der Waals surface area contributed by atoms with Crippen molar-refractivity contribution in [3.63, 3.8) is 0 Å². The maximum Gasteiger partial charge on any atom is 0.196 e. The second-order valence-electron chi connectivity index (χ2n) is 6.60. The van der Waals surface area contributed by atoms with Crippen molar-refractivity contribution in [2.75, 3.05) is 26.3 Å². The van der Waals surface area contributed by atoms with E-state index in [1.807, 2.05) is 36.4 Å². The van der Waals surface area contributed by atoms with Gasteiger partial charge in [-0.05, 0) is 29.8 Å². The molecule has 0 amide bonds. The first-order valence-electron chi connectivity index (χ1n) is 9.19. The lowest BCUT2D eigenvalue weighted by Crippen LogP contribution is -3.12. The van der Waals surface area contributed by atoms with Crippen molar-refractivity contribution in [1.29, 1.82) is 0 Å². The van der Waals surface area contributed by atoms with E-state index in [9.17, 15) is 0 Å². The van der Waals surface area contributed by atoms with E-state index in [-0.39, 0.29) is 0 Å². The Morgan fingerprint density at radius 2 is 1.68 bits per heavy atom. The fourth-order valence-electron chi connectivity index (χ4n) is 3.21. The molecule has 1 aromatic heterocycles. The lowest BCUT2D eigenvalue weighted by atomic mass is 10.2. The molecule has 0 atom stereocenters. The molecule has 3 aromatic rings. The van der Waals surface area contributed by atoms with E-state index >= 15 is 0 Å². The van der Waals surface area contributed by atoms with Gasteiger partial charge in [-0.2, -0.15) is 0 Å². The molecule has 1 aliphatic rings. The van der Waals surface area contributed by atoms with Crippen molar-refractivity contribution in [2.24, 2.45) is 0 Å². The van der Waals surface area contributed by atoms with E-state index in [1.165, 1.54) is 4.90 Å². The van der Waals surface area contributed by atoms with Gasteiger partial charge >= 0.3 is 0 Å². The number of morpholine rings is 1. The first-order valence-corrected chi connectivity index (χ1v) is 10.9. The third-order valence-electron chi connectivity index (χ3n) is 4.73. The number of rotatable bonds is 6. The molecule has 1 N–H and O–H groups in total. The van der Waals surface area contributed by atoms with Crippen LogP contribution in [0.15, 0.2) is 53.7 Å². The summed E-state index contributed by atoms with van der Waals surface area (Å²) in [4.78, 5) is 1.46. The highest BCUT2D eigenvalue weighted by atomic mass is 35.5. The normalized spacial score (nSPS) is 15.1. The number of benzene rings is 2.